The number of hydrogen-bond acceptors (Lipinski definition) is 5. The van der Waals surface area contributed by atoms with E-state index in [1.807, 2.05) is 0 Å². The van der Waals surface area contributed by atoms with Gasteiger partial charge in [0.2, 0.25) is 5.95 Å². The molecule has 1 aromatic heterocycles. The molecule has 0 unspecified atom stereocenters. The van der Waals surface area contributed by atoms with Crippen molar-refractivity contribution in [3.8, 4) is 0 Å². The van der Waals surface area contributed by atoms with Gasteiger partial charge in [0, 0.05) is 6.20 Å². The molecule has 10 heteroatoms. The van der Waals surface area contributed by atoms with E-state index in [2.05, 4.69) is 21.6 Å². The summed E-state index contributed by atoms with van der Waals surface area (Å²) in [6.45, 7) is 3.35. The molecule has 0 fully saturated rings. The Morgan fingerprint density at radius 3 is 2.60 bits per heavy atom. The fourth-order valence-corrected chi connectivity index (χ4v) is 2.20. The van der Waals surface area contributed by atoms with Gasteiger partial charge >= 0.3 is 12.1 Å². The van der Waals surface area contributed by atoms with Gasteiger partial charge in [-0.05, 0) is 12.1 Å². The number of carbonyl (C=O) groups is 1. The number of rotatable bonds is 4. The highest BCUT2D eigenvalue weighted by Gasteiger charge is 2.38. The van der Waals surface area contributed by atoms with Crippen LogP contribution in [0.2, 0.25) is 5.02 Å². The number of anilines is 2. The molecule has 1 heterocycles. The van der Waals surface area contributed by atoms with Crippen LogP contribution in [0.15, 0.2) is 35.6 Å². The number of alkyl halides is 3. The van der Waals surface area contributed by atoms with E-state index >= 15 is 0 Å². The molecular formula is C15H11ClF3N3O3. The van der Waals surface area contributed by atoms with Crippen molar-refractivity contribution in [2.24, 2.45) is 0 Å². The molecule has 132 valence electrons. The Kier molecular flexibility index (Phi) is 5.17. The Morgan fingerprint density at radius 1 is 1.40 bits per heavy atom. The number of hydrogen-bond donors (Lipinski definition) is 1. The van der Waals surface area contributed by atoms with Gasteiger partial charge in [-0.25, -0.2) is 9.78 Å². The Bertz CT molecular complexity index is 894. The fourth-order valence-electron chi connectivity index (χ4n) is 1.96. The molecule has 0 saturated carbocycles. The van der Waals surface area contributed by atoms with Gasteiger partial charge in [-0.1, -0.05) is 30.3 Å². The Morgan fingerprint density at radius 2 is 2.04 bits per heavy atom. The number of carbonyl (C=O) groups excluding carboxylic acids is 1. The van der Waals surface area contributed by atoms with E-state index in [0.717, 1.165) is 13.3 Å². The second-order valence-corrected chi connectivity index (χ2v) is 4.99. The van der Waals surface area contributed by atoms with Crippen LogP contribution in [0.5, 0.6) is 0 Å². The van der Waals surface area contributed by atoms with Gasteiger partial charge in [0.25, 0.3) is 5.56 Å². The number of aromatic nitrogens is 2. The van der Waals surface area contributed by atoms with Crippen molar-refractivity contribution in [2.75, 3.05) is 12.4 Å². The van der Waals surface area contributed by atoms with Crippen LogP contribution in [0, 0.1) is 0 Å². The highest BCUT2D eigenvalue weighted by molar-refractivity contribution is 6.31. The van der Waals surface area contributed by atoms with E-state index < -0.39 is 34.4 Å². The highest BCUT2D eigenvalue weighted by atomic mass is 35.5. The Hall–Kier alpha value is -2.81. The topological polar surface area (TPSA) is 73.2 Å². The summed E-state index contributed by atoms with van der Waals surface area (Å²) in [5, 5.41) is 1.42. The molecule has 6 nitrogen and oxygen atoms in total. The molecule has 2 aromatic rings. The smallest absolute Gasteiger partial charge is 0.435 e. The lowest BCUT2D eigenvalue weighted by Crippen LogP contribution is -2.26. The van der Waals surface area contributed by atoms with Crippen molar-refractivity contribution in [2.45, 2.75) is 6.18 Å². The third-order valence-electron chi connectivity index (χ3n) is 3.09. The first-order valence-corrected chi connectivity index (χ1v) is 7.04. The summed E-state index contributed by atoms with van der Waals surface area (Å²) >= 11 is 5.48. The first kappa shape index (κ1) is 18.5. The number of esters is 1. The Labute approximate surface area is 144 Å². The number of para-hydroxylation sites is 1. The first-order chi connectivity index (χ1) is 11.7. The second kappa shape index (κ2) is 6.98. The van der Waals surface area contributed by atoms with Crippen molar-refractivity contribution >= 4 is 35.4 Å². The summed E-state index contributed by atoms with van der Waals surface area (Å²) in [7, 11) is 1.15. The maximum Gasteiger partial charge on any atom is 0.435 e. The van der Waals surface area contributed by atoms with Gasteiger partial charge in [-0.2, -0.15) is 13.2 Å². The number of nitrogens with zero attached hydrogens (tertiary/aromatic N) is 2. The van der Waals surface area contributed by atoms with E-state index in [9.17, 15) is 22.8 Å². The summed E-state index contributed by atoms with van der Waals surface area (Å²) in [5.41, 5.74) is -2.57. The summed E-state index contributed by atoms with van der Waals surface area (Å²) in [6, 6.07) is 5.87. The quantitative estimate of drug-likeness (QED) is 0.830. The molecular weight excluding hydrogens is 363 g/mol. The minimum absolute atomic E-state index is 0.0402. The highest BCUT2D eigenvalue weighted by Crippen LogP contribution is 2.32. The molecule has 25 heavy (non-hydrogen) atoms. The molecule has 0 aliphatic rings. The summed E-state index contributed by atoms with van der Waals surface area (Å²) in [5.74, 6) is -1.23. The van der Waals surface area contributed by atoms with Crippen LogP contribution in [0.25, 0.3) is 6.20 Å². The average Bonchev–Trinajstić information content (AvgIpc) is 2.57. The first-order valence-electron chi connectivity index (χ1n) is 6.66. The third kappa shape index (κ3) is 3.66. The molecule has 2 rings (SSSR count). The van der Waals surface area contributed by atoms with Crippen LogP contribution in [0.1, 0.15) is 16.1 Å². The molecule has 1 aromatic carbocycles. The van der Waals surface area contributed by atoms with Gasteiger partial charge in [0.05, 0.1) is 18.4 Å². The molecule has 1 N–H and O–H groups in total. The predicted octanol–water partition coefficient (Wildman–Crippen LogP) is 3.55. The van der Waals surface area contributed by atoms with Gasteiger partial charge < -0.3 is 10.1 Å². The zero-order chi connectivity index (χ0) is 18.8. The normalized spacial score (nSPS) is 11.1. The fraction of sp³-hybridized carbons (Fsp3) is 0.133. The van der Waals surface area contributed by atoms with E-state index in [-0.39, 0.29) is 11.3 Å². The molecule has 0 atom stereocenters. The lowest BCUT2D eigenvalue weighted by atomic mass is 10.2. The van der Waals surface area contributed by atoms with Crippen LogP contribution in [-0.4, -0.2) is 22.6 Å². The summed E-state index contributed by atoms with van der Waals surface area (Å²) < 4.78 is 44.4. The number of methoxy groups -OCH3 is 1. The van der Waals surface area contributed by atoms with Crippen molar-refractivity contribution in [1.82, 2.24) is 9.55 Å². The molecule has 0 bridgehead atoms. The SMILES string of the molecule is C=Cn1c(Nc2ccccc2C(=O)OC)nc(C(F)(F)F)c(Cl)c1=O. The number of benzene rings is 1. The lowest BCUT2D eigenvalue weighted by molar-refractivity contribution is -0.141. The van der Waals surface area contributed by atoms with Crippen molar-refractivity contribution in [3.63, 3.8) is 0 Å². The van der Waals surface area contributed by atoms with Gasteiger partial charge in [-0.3, -0.25) is 9.36 Å². The maximum absolute atomic E-state index is 13.0. The maximum atomic E-state index is 13.0. The molecule has 0 amide bonds. The third-order valence-corrected chi connectivity index (χ3v) is 3.43. The molecule has 0 aliphatic carbocycles. The number of halogens is 4. The number of nitrogens with one attached hydrogen (secondary N) is 1. The summed E-state index contributed by atoms with van der Waals surface area (Å²) in [6.07, 6.45) is -3.99. The van der Waals surface area contributed by atoms with E-state index in [0.29, 0.717) is 4.57 Å². The Balaban J connectivity index is 2.65. The summed E-state index contributed by atoms with van der Waals surface area (Å²) in [4.78, 5) is 27.2. The standard InChI is InChI=1S/C15H11ClF3N3O3/c1-3-22-12(23)10(16)11(15(17,18)19)21-14(22)20-9-7-5-4-6-8(9)13(24)25-2/h3-7H,1H2,2H3,(H,20,21). The molecule has 0 aliphatic heterocycles. The van der Waals surface area contributed by atoms with E-state index in [1.165, 1.54) is 24.3 Å². The minimum Gasteiger partial charge on any atom is -0.465 e. The van der Waals surface area contributed by atoms with Gasteiger partial charge in [0.1, 0.15) is 5.02 Å². The molecule has 0 spiro atoms. The van der Waals surface area contributed by atoms with Crippen LogP contribution in [-0.2, 0) is 10.9 Å². The van der Waals surface area contributed by atoms with Crippen LogP contribution < -0.4 is 10.9 Å². The van der Waals surface area contributed by atoms with Gasteiger partial charge in [0.15, 0.2) is 5.69 Å². The monoisotopic (exact) mass is 373 g/mol. The zero-order valence-electron chi connectivity index (χ0n) is 12.7. The molecule has 0 saturated heterocycles. The van der Waals surface area contributed by atoms with Crippen LogP contribution in [0.4, 0.5) is 24.8 Å². The van der Waals surface area contributed by atoms with Crippen molar-refractivity contribution in [1.29, 1.82) is 0 Å². The lowest BCUT2D eigenvalue weighted by Gasteiger charge is -2.16. The van der Waals surface area contributed by atoms with Crippen molar-refractivity contribution < 1.29 is 22.7 Å². The zero-order valence-corrected chi connectivity index (χ0v) is 13.5. The second-order valence-electron chi connectivity index (χ2n) is 4.62. The minimum atomic E-state index is -4.94. The van der Waals surface area contributed by atoms with Crippen molar-refractivity contribution in [3.05, 3.63) is 57.5 Å². The van der Waals surface area contributed by atoms with E-state index in [1.54, 1.807) is 0 Å². The van der Waals surface area contributed by atoms with Crippen LogP contribution in [0.3, 0.4) is 0 Å². The van der Waals surface area contributed by atoms with Crippen LogP contribution >= 0.6 is 11.6 Å². The largest absolute Gasteiger partial charge is 0.465 e. The number of ether oxygens (including phenoxy) is 1. The average molecular weight is 374 g/mol. The van der Waals surface area contributed by atoms with E-state index in [4.69, 9.17) is 11.6 Å². The molecule has 0 radical (unpaired) electrons. The predicted molar refractivity (Wildman–Crippen MR) is 86.0 cm³/mol. The van der Waals surface area contributed by atoms with Gasteiger partial charge in [-0.15, -0.1) is 0 Å².